The van der Waals surface area contributed by atoms with E-state index in [1.165, 1.54) is 4.31 Å². The van der Waals surface area contributed by atoms with Gasteiger partial charge in [-0.15, -0.1) is 0 Å². The molecule has 126 valence electrons. The van der Waals surface area contributed by atoms with Crippen LogP contribution in [0.5, 0.6) is 0 Å². The van der Waals surface area contributed by atoms with Gasteiger partial charge >= 0.3 is 0 Å². The summed E-state index contributed by atoms with van der Waals surface area (Å²) in [6.45, 7) is 7.08. The van der Waals surface area contributed by atoms with Crippen molar-refractivity contribution in [1.82, 2.24) is 19.8 Å². The van der Waals surface area contributed by atoms with Crippen LogP contribution in [0.3, 0.4) is 0 Å². The standard InChI is InChI=1S/C16H24N4O2S/c1-12(2)20(4)23(21,22)16-7-5-14(6-8-16)9-17-10-15-11-18-19-13(15)3/h5-8,11-12,17H,9-10H2,1-4H3,(H,18,19). The lowest BCUT2D eigenvalue weighted by molar-refractivity contribution is 0.410. The first-order valence-electron chi connectivity index (χ1n) is 7.59. The molecule has 6 nitrogen and oxygen atoms in total. The van der Waals surface area contributed by atoms with Gasteiger partial charge in [-0.1, -0.05) is 12.1 Å². The molecular formula is C16H24N4O2S. The van der Waals surface area contributed by atoms with Crippen LogP contribution in [0.25, 0.3) is 0 Å². The highest BCUT2D eigenvalue weighted by Gasteiger charge is 2.22. The van der Waals surface area contributed by atoms with Crippen LogP contribution in [-0.2, 0) is 23.1 Å². The van der Waals surface area contributed by atoms with E-state index in [-0.39, 0.29) is 6.04 Å². The molecule has 0 spiro atoms. The summed E-state index contributed by atoms with van der Waals surface area (Å²) in [6, 6.07) is 6.94. The number of nitrogens with zero attached hydrogens (tertiary/aromatic N) is 2. The van der Waals surface area contributed by atoms with E-state index >= 15 is 0 Å². The highest BCUT2D eigenvalue weighted by molar-refractivity contribution is 7.89. The van der Waals surface area contributed by atoms with Crippen LogP contribution in [0, 0.1) is 6.92 Å². The average molecular weight is 336 g/mol. The largest absolute Gasteiger partial charge is 0.308 e. The second-order valence-electron chi connectivity index (χ2n) is 5.88. The molecule has 7 heteroatoms. The smallest absolute Gasteiger partial charge is 0.243 e. The lowest BCUT2D eigenvalue weighted by atomic mass is 10.2. The van der Waals surface area contributed by atoms with E-state index in [0.29, 0.717) is 11.4 Å². The minimum Gasteiger partial charge on any atom is -0.308 e. The molecule has 1 heterocycles. The molecule has 1 aromatic carbocycles. The number of aromatic amines is 1. The third-order valence-electron chi connectivity index (χ3n) is 3.91. The van der Waals surface area contributed by atoms with Crippen molar-refractivity contribution >= 4 is 10.0 Å². The van der Waals surface area contributed by atoms with Gasteiger partial charge in [-0.3, -0.25) is 5.10 Å². The molecule has 2 aromatic rings. The Morgan fingerprint density at radius 1 is 1.22 bits per heavy atom. The monoisotopic (exact) mass is 336 g/mol. The van der Waals surface area contributed by atoms with Crippen LogP contribution < -0.4 is 5.32 Å². The number of hydrogen-bond donors (Lipinski definition) is 2. The highest BCUT2D eigenvalue weighted by Crippen LogP contribution is 2.17. The van der Waals surface area contributed by atoms with Gasteiger partial charge in [-0.05, 0) is 38.5 Å². The zero-order valence-corrected chi connectivity index (χ0v) is 14.8. The quantitative estimate of drug-likeness (QED) is 0.811. The van der Waals surface area contributed by atoms with Crippen LogP contribution >= 0.6 is 0 Å². The van der Waals surface area contributed by atoms with E-state index in [9.17, 15) is 8.42 Å². The molecule has 0 radical (unpaired) electrons. The van der Waals surface area contributed by atoms with Crippen molar-refractivity contribution in [3.8, 4) is 0 Å². The van der Waals surface area contributed by atoms with Crippen molar-refractivity contribution < 1.29 is 8.42 Å². The molecule has 0 aliphatic heterocycles. The average Bonchev–Trinajstić information content (AvgIpc) is 2.92. The zero-order valence-electron chi connectivity index (χ0n) is 14.0. The predicted octanol–water partition coefficient (Wildman–Crippen LogP) is 2.04. The predicted molar refractivity (Wildman–Crippen MR) is 90.4 cm³/mol. The Labute approximate surface area is 138 Å². The number of nitrogens with one attached hydrogen (secondary N) is 2. The summed E-state index contributed by atoms with van der Waals surface area (Å²) in [7, 11) is -1.82. The van der Waals surface area contributed by atoms with Crippen molar-refractivity contribution in [2.24, 2.45) is 0 Å². The van der Waals surface area contributed by atoms with Crippen LogP contribution in [0.2, 0.25) is 0 Å². The number of benzene rings is 1. The van der Waals surface area contributed by atoms with E-state index in [0.717, 1.165) is 23.4 Å². The summed E-state index contributed by atoms with van der Waals surface area (Å²) >= 11 is 0. The Morgan fingerprint density at radius 3 is 2.39 bits per heavy atom. The van der Waals surface area contributed by atoms with Crippen molar-refractivity contribution in [1.29, 1.82) is 0 Å². The summed E-state index contributed by atoms with van der Waals surface area (Å²) in [5.74, 6) is 0. The minimum absolute atomic E-state index is 0.0699. The maximum Gasteiger partial charge on any atom is 0.243 e. The highest BCUT2D eigenvalue weighted by atomic mass is 32.2. The molecule has 0 amide bonds. The van der Waals surface area contributed by atoms with Gasteiger partial charge in [-0.25, -0.2) is 8.42 Å². The first-order valence-corrected chi connectivity index (χ1v) is 9.03. The lowest BCUT2D eigenvalue weighted by Gasteiger charge is -2.21. The van der Waals surface area contributed by atoms with Crippen LogP contribution in [0.4, 0.5) is 0 Å². The van der Waals surface area contributed by atoms with E-state index < -0.39 is 10.0 Å². The van der Waals surface area contributed by atoms with Gasteiger partial charge in [-0.2, -0.15) is 9.40 Å². The SMILES string of the molecule is Cc1[nH]ncc1CNCc1ccc(S(=O)(=O)N(C)C(C)C)cc1. The van der Waals surface area contributed by atoms with Gasteiger partial charge in [0.15, 0.2) is 0 Å². The molecule has 0 aliphatic carbocycles. The third kappa shape index (κ3) is 4.19. The molecule has 2 rings (SSSR count). The fourth-order valence-electron chi connectivity index (χ4n) is 2.12. The van der Waals surface area contributed by atoms with E-state index in [1.807, 2.05) is 32.9 Å². The molecule has 0 fully saturated rings. The molecule has 2 N–H and O–H groups in total. The third-order valence-corrected chi connectivity index (χ3v) is 5.95. The van der Waals surface area contributed by atoms with Gasteiger partial charge in [0.25, 0.3) is 0 Å². The fourth-order valence-corrected chi connectivity index (χ4v) is 3.49. The second-order valence-corrected chi connectivity index (χ2v) is 7.88. The second kappa shape index (κ2) is 7.25. The Hall–Kier alpha value is -1.70. The van der Waals surface area contributed by atoms with Gasteiger partial charge in [0, 0.05) is 37.4 Å². The van der Waals surface area contributed by atoms with Crippen LogP contribution in [0.1, 0.15) is 30.7 Å². The van der Waals surface area contributed by atoms with Crippen molar-refractivity contribution in [2.45, 2.75) is 44.8 Å². The summed E-state index contributed by atoms with van der Waals surface area (Å²) in [5, 5.41) is 10.2. The molecule has 0 saturated heterocycles. The first kappa shape index (κ1) is 17.7. The lowest BCUT2D eigenvalue weighted by Crippen LogP contribution is -2.33. The van der Waals surface area contributed by atoms with Gasteiger partial charge in [0.2, 0.25) is 10.0 Å². The first-order chi connectivity index (χ1) is 10.8. The number of sulfonamides is 1. The Morgan fingerprint density at radius 2 is 1.87 bits per heavy atom. The maximum absolute atomic E-state index is 12.4. The fraction of sp³-hybridized carbons (Fsp3) is 0.438. The summed E-state index contributed by atoms with van der Waals surface area (Å²) in [5.41, 5.74) is 3.22. The van der Waals surface area contributed by atoms with Crippen molar-refractivity contribution in [2.75, 3.05) is 7.05 Å². The molecule has 0 saturated carbocycles. The van der Waals surface area contributed by atoms with Gasteiger partial charge in [0.1, 0.15) is 0 Å². The van der Waals surface area contributed by atoms with E-state index in [2.05, 4.69) is 15.5 Å². The van der Waals surface area contributed by atoms with Crippen molar-refractivity contribution in [3.05, 3.63) is 47.3 Å². The molecule has 0 bridgehead atoms. The zero-order chi connectivity index (χ0) is 17.0. The van der Waals surface area contributed by atoms with Gasteiger partial charge < -0.3 is 5.32 Å². The number of rotatable bonds is 7. The summed E-state index contributed by atoms with van der Waals surface area (Å²) in [4.78, 5) is 0.322. The molecule has 0 aliphatic rings. The van der Waals surface area contributed by atoms with E-state index in [1.54, 1.807) is 25.4 Å². The molecule has 23 heavy (non-hydrogen) atoms. The molecular weight excluding hydrogens is 312 g/mol. The van der Waals surface area contributed by atoms with Crippen LogP contribution in [-0.4, -0.2) is 36.0 Å². The van der Waals surface area contributed by atoms with E-state index in [4.69, 9.17) is 0 Å². The number of aromatic nitrogens is 2. The Bertz CT molecular complexity index is 736. The maximum atomic E-state index is 12.4. The number of H-pyrrole nitrogens is 1. The number of aryl methyl sites for hydroxylation is 1. The summed E-state index contributed by atoms with van der Waals surface area (Å²) < 4.78 is 26.2. The van der Waals surface area contributed by atoms with Crippen molar-refractivity contribution in [3.63, 3.8) is 0 Å². The topological polar surface area (TPSA) is 78.1 Å². The summed E-state index contributed by atoms with van der Waals surface area (Å²) in [6.07, 6.45) is 1.81. The Balaban J connectivity index is 1.98. The van der Waals surface area contributed by atoms with Crippen LogP contribution in [0.15, 0.2) is 35.4 Å². The molecule has 0 unspecified atom stereocenters. The minimum atomic E-state index is -3.42. The molecule has 1 aromatic heterocycles. The Kier molecular flexibility index (Phi) is 5.56. The number of hydrogen-bond acceptors (Lipinski definition) is 4. The molecule has 0 atom stereocenters. The van der Waals surface area contributed by atoms with Gasteiger partial charge in [0.05, 0.1) is 11.1 Å². The normalized spacial score (nSPS) is 12.3.